The molecule has 266 valence electrons. The number of hydrogen-bond acceptors (Lipinski definition) is 9. The minimum Gasteiger partial charge on any atom is -0.444 e. The van der Waals surface area contributed by atoms with Crippen LogP contribution in [-0.2, 0) is 20.6 Å². The summed E-state index contributed by atoms with van der Waals surface area (Å²) in [6, 6.07) is 7.72. The van der Waals surface area contributed by atoms with Gasteiger partial charge in [-0.2, -0.15) is 0 Å². The molecule has 0 aliphatic rings. The van der Waals surface area contributed by atoms with Gasteiger partial charge in [0.1, 0.15) is 22.6 Å². The highest BCUT2D eigenvalue weighted by molar-refractivity contribution is 6.04. The zero-order valence-electron chi connectivity index (χ0n) is 30.2. The largest absolute Gasteiger partial charge is 0.444 e. The summed E-state index contributed by atoms with van der Waals surface area (Å²) in [6.45, 7) is 18.4. The number of amidine groups is 1. The van der Waals surface area contributed by atoms with Gasteiger partial charge < -0.3 is 19.5 Å². The van der Waals surface area contributed by atoms with Gasteiger partial charge in [-0.25, -0.2) is 14.4 Å². The molecule has 1 aromatic rings. The van der Waals surface area contributed by atoms with Crippen LogP contribution in [0.25, 0.3) is 0 Å². The Morgan fingerprint density at radius 1 is 0.617 bits per heavy atom. The van der Waals surface area contributed by atoms with Crippen LogP contribution in [0.3, 0.4) is 0 Å². The highest BCUT2D eigenvalue weighted by Gasteiger charge is 2.21. The number of aryl methyl sites for hydroxylation is 1. The molecule has 0 heterocycles. The van der Waals surface area contributed by atoms with E-state index in [0.29, 0.717) is 12.1 Å². The van der Waals surface area contributed by atoms with Crippen molar-refractivity contribution in [2.75, 3.05) is 19.6 Å². The van der Waals surface area contributed by atoms with Crippen LogP contribution in [0.2, 0.25) is 0 Å². The number of aliphatic imine (C=N–C) groups is 1. The Morgan fingerprint density at radius 2 is 1.04 bits per heavy atom. The van der Waals surface area contributed by atoms with Crippen molar-refractivity contribution in [3.63, 3.8) is 0 Å². The molecule has 0 atom stereocenters. The molecule has 0 saturated heterocycles. The van der Waals surface area contributed by atoms with Crippen LogP contribution in [0.4, 0.5) is 14.4 Å². The minimum absolute atomic E-state index is 0.0154. The van der Waals surface area contributed by atoms with Crippen LogP contribution in [0.15, 0.2) is 29.3 Å². The standard InChI is InChI=1S/C35H60N6O6/c1-33(2,3)45-30(42)39-28(36)27-21-19-26(20-22-27)18-14-13-16-24-37-23-15-11-10-12-17-25-38-29(40-31(43)46-34(4,5)6)41-32(44)47-35(7,8)9/h19-22,37H,10-18,23-25H2,1-9H3,(H2,36,39,42)(H2,38,40,41,43,44). The lowest BCUT2D eigenvalue weighted by molar-refractivity contribution is 0.0534. The Kier molecular flexibility index (Phi) is 18.1. The monoisotopic (exact) mass is 660 g/mol. The average molecular weight is 661 g/mol. The Labute approximate surface area is 282 Å². The first-order chi connectivity index (χ1) is 21.8. The molecule has 0 aliphatic heterocycles. The van der Waals surface area contributed by atoms with E-state index in [4.69, 9.17) is 19.6 Å². The molecule has 12 heteroatoms. The summed E-state index contributed by atoms with van der Waals surface area (Å²) in [6.07, 6.45) is 7.47. The van der Waals surface area contributed by atoms with E-state index in [0.717, 1.165) is 70.9 Å². The van der Waals surface area contributed by atoms with Crippen LogP contribution in [0, 0.1) is 5.41 Å². The fraction of sp³-hybridized carbons (Fsp3) is 0.686. The normalized spacial score (nSPS) is 11.7. The molecule has 0 unspecified atom stereocenters. The number of hydrogen-bond donors (Lipinski definition) is 5. The summed E-state index contributed by atoms with van der Waals surface area (Å²) < 4.78 is 15.7. The van der Waals surface area contributed by atoms with Gasteiger partial charge in [0, 0.05) is 12.1 Å². The van der Waals surface area contributed by atoms with E-state index in [1.165, 1.54) is 5.56 Å². The highest BCUT2D eigenvalue weighted by atomic mass is 16.6. The summed E-state index contributed by atoms with van der Waals surface area (Å²) in [5.41, 5.74) is -0.100. The van der Waals surface area contributed by atoms with Crippen LogP contribution in [0.1, 0.15) is 125 Å². The van der Waals surface area contributed by atoms with Gasteiger partial charge in [0.05, 0.1) is 0 Å². The SMILES string of the molecule is CC(C)(C)OC(=O)NC(=N)c1ccc(CCCCCNCCCCCCCN=C(NC(=O)OC(C)(C)C)NC(=O)OC(C)(C)C)cc1. The summed E-state index contributed by atoms with van der Waals surface area (Å²) in [5, 5.41) is 19.1. The number of nitrogens with zero attached hydrogens (tertiary/aromatic N) is 1. The third-order valence-corrected chi connectivity index (χ3v) is 6.21. The smallest absolute Gasteiger partial charge is 0.414 e. The lowest BCUT2D eigenvalue weighted by Gasteiger charge is -2.22. The van der Waals surface area contributed by atoms with Gasteiger partial charge in [-0.3, -0.25) is 26.4 Å². The predicted octanol–water partition coefficient (Wildman–Crippen LogP) is 7.19. The number of alkyl carbamates (subject to hydrolysis) is 3. The van der Waals surface area contributed by atoms with Crippen molar-refractivity contribution in [3.8, 4) is 0 Å². The number of rotatable bonds is 15. The molecule has 47 heavy (non-hydrogen) atoms. The van der Waals surface area contributed by atoms with Crippen molar-refractivity contribution in [1.82, 2.24) is 21.3 Å². The zero-order chi connectivity index (χ0) is 35.5. The van der Waals surface area contributed by atoms with E-state index in [9.17, 15) is 14.4 Å². The molecule has 0 aromatic heterocycles. The predicted molar refractivity (Wildman–Crippen MR) is 187 cm³/mol. The Balaban J connectivity index is 2.19. The topological polar surface area (TPSA) is 163 Å². The maximum atomic E-state index is 12.2. The first-order valence-electron chi connectivity index (χ1n) is 16.8. The number of nitrogens with one attached hydrogen (secondary N) is 5. The van der Waals surface area contributed by atoms with Gasteiger partial charge in [-0.05, 0) is 113 Å². The van der Waals surface area contributed by atoms with Crippen molar-refractivity contribution in [3.05, 3.63) is 35.4 Å². The Morgan fingerprint density at radius 3 is 1.53 bits per heavy atom. The fourth-order valence-corrected chi connectivity index (χ4v) is 4.19. The van der Waals surface area contributed by atoms with Crippen LogP contribution in [0.5, 0.6) is 0 Å². The first kappa shape index (κ1) is 41.4. The van der Waals surface area contributed by atoms with E-state index in [2.05, 4.69) is 26.3 Å². The minimum atomic E-state index is -0.694. The number of ether oxygens (including phenoxy) is 3. The van der Waals surface area contributed by atoms with E-state index >= 15 is 0 Å². The van der Waals surface area contributed by atoms with Gasteiger partial charge in [-0.1, -0.05) is 49.9 Å². The Bertz CT molecular complexity index is 1120. The van der Waals surface area contributed by atoms with Crippen molar-refractivity contribution in [2.24, 2.45) is 4.99 Å². The molecule has 3 amide bonds. The number of carbonyl (C=O) groups excluding carboxylic acids is 3. The second-order valence-corrected chi connectivity index (χ2v) is 14.5. The fourth-order valence-electron chi connectivity index (χ4n) is 4.19. The molecular formula is C35H60N6O6. The molecule has 1 rings (SSSR count). The summed E-state index contributed by atoms with van der Waals surface area (Å²) in [4.78, 5) is 40.6. The quantitative estimate of drug-likeness (QED) is 0.0575. The van der Waals surface area contributed by atoms with Crippen molar-refractivity contribution < 1.29 is 28.6 Å². The Hall–Kier alpha value is -3.67. The summed E-state index contributed by atoms with van der Waals surface area (Å²) in [7, 11) is 0. The molecule has 0 aliphatic carbocycles. The van der Waals surface area contributed by atoms with Crippen molar-refractivity contribution in [2.45, 2.75) is 137 Å². The third-order valence-electron chi connectivity index (χ3n) is 6.21. The van der Waals surface area contributed by atoms with E-state index in [1.54, 1.807) is 62.3 Å². The van der Waals surface area contributed by atoms with Gasteiger partial charge >= 0.3 is 18.3 Å². The average Bonchev–Trinajstić information content (AvgIpc) is 2.90. The molecular weight excluding hydrogens is 600 g/mol. The molecule has 0 spiro atoms. The molecule has 1 aromatic carbocycles. The van der Waals surface area contributed by atoms with Gasteiger partial charge in [0.2, 0.25) is 5.96 Å². The zero-order valence-corrected chi connectivity index (χ0v) is 30.2. The molecule has 0 radical (unpaired) electrons. The van der Waals surface area contributed by atoms with Crippen molar-refractivity contribution in [1.29, 1.82) is 5.41 Å². The van der Waals surface area contributed by atoms with Crippen LogP contribution < -0.4 is 21.3 Å². The highest BCUT2D eigenvalue weighted by Crippen LogP contribution is 2.11. The lowest BCUT2D eigenvalue weighted by atomic mass is 10.0. The number of guanidine groups is 1. The lowest BCUT2D eigenvalue weighted by Crippen LogP contribution is -2.47. The van der Waals surface area contributed by atoms with Gasteiger partial charge in [0.15, 0.2) is 0 Å². The summed E-state index contributed by atoms with van der Waals surface area (Å²) in [5.74, 6) is 0.0423. The van der Waals surface area contributed by atoms with Gasteiger partial charge in [0.25, 0.3) is 0 Å². The molecule has 12 nitrogen and oxygen atoms in total. The van der Waals surface area contributed by atoms with E-state index < -0.39 is 35.1 Å². The second-order valence-electron chi connectivity index (χ2n) is 14.5. The van der Waals surface area contributed by atoms with Crippen molar-refractivity contribution >= 4 is 30.1 Å². The molecule has 0 bridgehead atoms. The summed E-state index contributed by atoms with van der Waals surface area (Å²) >= 11 is 0. The van der Waals surface area contributed by atoms with E-state index in [-0.39, 0.29) is 11.8 Å². The maximum absolute atomic E-state index is 12.2. The van der Waals surface area contributed by atoms with Crippen LogP contribution >= 0.6 is 0 Å². The second kappa shape index (κ2) is 20.5. The van der Waals surface area contributed by atoms with E-state index in [1.807, 2.05) is 24.3 Å². The molecule has 5 N–H and O–H groups in total. The maximum Gasteiger partial charge on any atom is 0.414 e. The van der Waals surface area contributed by atoms with Crippen LogP contribution in [-0.4, -0.2) is 66.5 Å². The molecule has 0 saturated carbocycles. The number of benzene rings is 1. The number of carbonyl (C=O) groups is 3. The number of amides is 3. The molecule has 0 fully saturated rings. The van der Waals surface area contributed by atoms with Gasteiger partial charge in [-0.15, -0.1) is 0 Å². The number of unbranched alkanes of at least 4 members (excludes halogenated alkanes) is 6. The third kappa shape index (κ3) is 23.3. The first-order valence-corrected chi connectivity index (χ1v) is 16.8.